The molecule has 1 aliphatic heterocycles. The van der Waals surface area contributed by atoms with E-state index < -0.39 is 0 Å². The minimum Gasteiger partial charge on any atom is -0.493 e. The summed E-state index contributed by atoms with van der Waals surface area (Å²) in [5.74, 6) is 4.34. The number of aromatic nitrogens is 1. The van der Waals surface area contributed by atoms with Crippen molar-refractivity contribution < 1.29 is 18.7 Å². The second kappa shape index (κ2) is 10.8. The van der Waals surface area contributed by atoms with Crippen LogP contribution in [0.1, 0.15) is 57.4 Å². The minimum absolute atomic E-state index is 0.112. The molecule has 2 fully saturated rings. The molecule has 2 heterocycles. The molecule has 34 heavy (non-hydrogen) atoms. The maximum atomic E-state index is 12.9. The molecule has 1 aromatic carbocycles. The van der Waals surface area contributed by atoms with Crippen molar-refractivity contribution in [1.82, 2.24) is 15.2 Å². The SMILES string of the molecule is COc1ccc(-c2nc(CN3CCC(C(=O)N[C@@H]4CCC[C@@H](C)[C@@H]4C)CC3)c(C)o2)cc1OC. The van der Waals surface area contributed by atoms with Crippen LogP contribution in [0.15, 0.2) is 22.6 Å². The highest BCUT2D eigenvalue weighted by molar-refractivity contribution is 5.79. The molecule has 7 heteroatoms. The topological polar surface area (TPSA) is 76.8 Å². The van der Waals surface area contributed by atoms with Gasteiger partial charge in [0, 0.05) is 24.1 Å². The maximum absolute atomic E-state index is 12.9. The number of hydrogen-bond donors (Lipinski definition) is 1. The quantitative estimate of drug-likeness (QED) is 0.627. The number of amides is 1. The van der Waals surface area contributed by atoms with Gasteiger partial charge < -0.3 is 19.2 Å². The van der Waals surface area contributed by atoms with Gasteiger partial charge in [0.25, 0.3) is 0 Å². The van der Waals surface area contributed by atoms with Crippen molar-refractivity contribution in [2.45, 2.75) is 65.5 Å². The summed E-state index contributed by atoms with van der Waals surface area (Å²) in [6.07, 6.45) is 5.39. The highest BCUT2D eigenvalue weighted by Crippen LogP contribution is 2.33. The fourth-order valence-electron chi connectivity index (χ4n) is 5.32. The number of hydrogen-bond acceptors (Lipinski definition) is 6. The van der Waals surface area contributed by atoms with Crippen LogP contribution in [-0.4, -0.2) is 49.1 Å². The summed E-state index contributed by atoms with van der Waals surface area (Å²) in [5.41, 5.74) is 1.80. The van der Waals surface area contributed by atoms with E-state index in [1.165, 1.54) is 12.8 Å². The molecule has 3 atom stereocenters. The van der Waals surface area contributed by atoms with Crippen molar-refractivity contribution in [1.29, 1.82) is 0 Å². The number of rotatable bonds is 7. The molecule has 1 aromatic heterocycles. The molecule has 0 spiro atoms. The second-order valence-electron chi connectivity index (χ2n) is 10.0. The van der Waals surface area contributed by atoms with Crippen molar-refractivity contribution in [3.05, 3.63) is 29.7 Å². The molecule has 1 N–H and O–H groups in total. The number of aryl methyl sites for hydroxylation is 1. The number of methoxy groups -OCH3 is 2. The summed E-state index contributed by atoms with van der Waals surface area (Å²) in [6.45, 7) is 9.07. The van der Waals surface area contributed by atoms with Gasteiger partial charge in [-0.1, -0.05) is 26.7 Å². The van der Waals surface area contributed by atoms with Crippen LogP contribution in [0.25, 0.3) is 11.5 Å². The standard InChI is InChI=1S/C27H39N3O4/c1-17-7-6-8-22(18(17)2)28-26(31)20-11-13-30(14-12-20)16-23-19(3)34-27(29-23)21-9-10-24(32-4)25(15-21)33-5/h9-10,15,17-18,20,22H,6-8,11-14,16H2,1-5H3,(H,28,31)/t17-,18+,22-/m1/s1. The number of oxazole rings is 1. The fraction of sp³-hybridized carbons (Fsp3) is 0.630. The normalized spacial score (nSPS) is 24.1. The molecule has 7 nitrogen and oxygen atoms in total. The molecule has 0 radical (unpaired) electrons. The van der Waals surface area contributed by atoms with Crippen molar-refractivity contribution >= 4 is 5.91 Å². The van der Waals surface area contributed by atoms with Crippen LogP contribution >= 0.6 is 0 Å². The van der Waals surface area contributed by atoms with Gasteiger partial charge in [0.15, 0.2) is 11.5 Å². The average Bonchev–Trinajstić information content (AvgIpc) is 3.21. The van der Waals surface area contributed by atoms with Crippen molar-refractivity contribution in [3.8, 4) is 23.0 Å². The number of nitrogens with zero attached hydrogens (tertiary/aromatic N) is 2. The summed E-state index contributed by atoms with van der Waals surface area (Å²) >= 11 is 0. The maximum Gasteiger partial charge on any atom is 0.226 e. The first-order valence-electron chi connectivity index (χ1n) is 12.6. The van der Waals surface area contributed by atoms with Gasteiger partial charge in [0.2, 0.25) is 11.8 Å². The summed E-state index contributed by atoms with van der Waals surface area (Å²) in [7, 11) is 3.24. The van der Waals surface area contributed by atoms with Crippen LogP contribution < -0.4 is 14.8 Å². The lowest BCUT2D eigenvalue weighted by Gasteiger charge is -2.36. The Morgan fingerprint density at radius 2 is 1.85 bits per heavy atom. The van der Waals surface area contributed by atoms with E-state index in [0.717, 1.165) is 55.9 Å². The van der Waals surface area contributed by atoms with E-state index in [9.17, 15) is 4.79 Å². The first kappa shape index (κ1) is 24.6. The zero-order chi connectivity index (χ0) is 24.2. The monoisotopic (exact) mass is 469 g/mol. The number of carbonyl (C=O) groups is 1. The minimum atomic E-state index is 0.112. The number of piperidine rings is 1. The zero-order valence-electron chi connectivity index (χ0n) is 21.2. The third-order valence-electron chi connectivity index (χ3n) is 7.89. The van der Waals surface area contributed by atoms with E-state index in [-0.39, 0.29) is 11.8 Å². The van der Waals surface area contributed by atoms with Gasteiger partial charge in [0.1, 0.15) is 5.76 Å². The third kappa shape index (κ3) is 5.40. The molecular weight excluding hydrogens is 430 g/mol. The van der Waals surface area contributed by atoms with Gasteiger partial charge in [-0.15, -0.1) is 0 Å². The molecular formula is C27H39N3O4. The lowest BCUT2D eigenvalue weighted by molar-refractivity contribution is -0.128. The van der Waals surface area contributed by atoms with E-state index in [1.54, 1.807) is 14.2 Å². The first-order valence-corrected chi connectivity index (χ1v) is 12.6. The highest BCUT2D eigenvalue weighted by Gasteiger charge is 2.32. The van der Waals surface area contributed by atoms with Gasteiger partial charge in [0.05, 0.1) is 19.9 Å². The molecule has 0 bridgehead atoms. The molecule has 1 saturated carbocycles. The fourth-order valence-corrected chi connectivity index (χ4v) is 5.32. The molecule has 186 valence electrons. The van der Waals surface area contributed by atoms with Crippen LogP contribution in [0.2, 0.25) is 0 Å². The van der Waals surface area contributed by atoms with Gasteiger partial charge >= 0.3 is 0 Å². The van der Waals surface area contributed by atoms with Crippen molar-refractivity contribution in [2.24, 2.45) is 17.8 Å². The smallest absolute Gasteiger partial charge is 0.226 e. The summed E-state index contributed by atoms with van der Waals surface area (Å²) in [5, 5.41) is 3.38. The Morgan fingerprint density at radius 3 is 2.56 bits per heavy atom. The largest absolute Gasteiger partial charge is 0.493 e. The first-order chi connectivity index (χ1) is 16.4. The van der Waals surface area contributed by atoms with E-state index in [1.807, 2.05) is 25.1 Å². The van der Waals surface area contributed by atoms with Crippen LogP contribution in [0.4, 0.5) is 0 Å². The van der Waals surface area contributed by atoms with E-state index in [2.05, 4.69) is 24.1 Å². The predicted octanol–water partition coefficient (Wildman–Crippen LogP) is 4.82. The Hall–Kier alpha value is -2.54. The van der Waals surface area contributed by atoms with E-state index >= 15 is 0 Å². The van der Waals surface area contributed by atoms with E-state index in [4.69, 9.17) is 18.9 Å². The summed E-state index contributed by atoms with van der Waals surface area (Å²) < 4.78 is 16.7. The molecule has 1 amide bonds. The molecule has 1 saturated heterocycles. The lowest BCUT2D eigenvalue weighted by Crippen LogP contribution is -2.48. The Kier molecular flexibility index (Phi) is 7.81. The number of ether oxygens (including phenoxy) is 2. The number of benzene rings is 1. The number of likely N-dealkylation sites (tertiary alicyclic amines) is 1. The second-order valence-corrected chi connectivity index (χ2v) is 10.0. The summed E-state index contributed by atoms with van der Waals surface area (Å²) in [4.78, 5) is 20.1. The van der Waals surface area contributed by atoms with Crippen molar-refractivity contribution in [3.63, 3.8) is 0 Å². The van der Waals surface area contributed by atoms with Gasteiger partial charge in [-0.25, -0.2) is 4.98 Å². The van der Waals surface area contributed by atoms with Crippen LogP contribution in [0.5, 0.6) is 11.5 Å². The molecule has 2 aromatic rings. The van der Waals surface area contributed by atoms with Crippen molar-refractivity contribution in [2.75, 3.05) is 27.3 Å². The van der Waals surface area contributed by atoms with Gasteiger partial charge in [-0.05, 0) is 69.3 Å². The Balaban J connectivity index is 1.32. The van der Waals surface area contributed by atoms with Crippen LogP contribution in [-0.2, 0) is 11.3 Å². The van der Waals surface area contributed by atoms with Gasteiger partial charge in [-0.3, -0.25) is 9.69 Å². The number of carbonyl (C=O) groups excluding carboxylic acids is 1. The molecule has 1 aliphatic carbocycles. The Morgan fingerprint density at radius 1 is 1.12 bits per heavy atom. The Bertz CT molecular complexity index is 980. The van der Waals surface area contributed by atoms with Gasteiger partial charge in [-0.2, -0.15) is 0 Å². The summed E-state index contributed by atoms with van der Waals surface area (Å²) in [6, 6.07) is 6.00. The van der Waals surface area contributed by atoms with E-state index in [0.29, 0.717) is 35.3 Å². The molecule has 4 rings (SSSR count). The number of nitrogens with one attached hydrogen (secondary N) is 1. The molecule has 2 aliphatic rings. The Labute approximate surface area is 203 Å². The third-order valence-corrected chi connectivity index (χ3v) is 7.89. The highest BCUT2D eigenvalue weighted by atomic mass is 16.5. The average molecular weight is 470 g/mol. The zero-order valence-corrected chi connectivity index (χ0v) is 21.2. The molecule has 0 unspecified atom stereocenters. The van der Waals surface area contributed by atoms with Crippen LogP contribution in [0.3, 0.4) is 0 Å². The predicted molar refractivity (Wildman–Crippen MR) is 132 cm³/mol. The van der Waals surface area contributed by atoms with Crippen LogP contribution in [0, 0.1) is 24.7 Å². The lowest BCUT2D eigenvalue weighted by atomic mass is 9.78.